The van der Waals surface area contributed by atoms with E-state index >= 15 is 0 Å². The van der Waals surface area contributed by atoms with Crippen LogP contribution in [0, 0.1) is 0 Å². The zero-order valence-corrected chi connectivity index (χ0v) is 34.1. The Hall–Kier alpha value is -2.28. The smallest absolute Gasteiger partial charge is 0.306 e. The molecule has 7 N–H and O–H groups in total. The lowest BCUT2D eigenvalue weighted by molar-refractivity contribution is -0.332. The van der Waals surface area contributed by atoms with Gasteiger partial charge in [-0.05, 0) is 44.9 Å². The number of ether oxygens (including phenoxy) is 6. The zero-order chi connectivity index (χ0) is 41.8. The molecular weight excluding hydrogens is 744 g/mol. The summed E-state index contributed by atoms with van der Waals surface area (Å²) in [5.41, 5.74) is 0. The van der Waals surface area contributed by atoms with Gasteiger partial charge in [-0.2, -0.15) is 0 Å². The summed E-state index contributed by atoms with van der Waals surface area (Å²) in [7, 11) is 0. The second-order valence-electron chi connectivity index (χ2n) is 14.8. The van der Waals surface area contributed by atoms with Gasteiger partial charge in [0.1, 0.15) is 55.4 Å². The van der Waals surface area contributed by atoms with Gasteiger partial charge in [-0.3, -0.25) is 9.59 Å². The van der Waals surface area contributed by atoms with E-state index in [4.69, 9.17) is 28.4 Å². The molecule has 0 bridgehead atoms. The summed E-state index contributed by atoms with van der Waals surface area (Å²) >= 11 is 0. The maximum atomic E-state index is 12.8. The molecule has 5 unspecified atom stereocenters. The standard InChI is InChI=1S/C42H72O15/c1-3-5-7-9-11-13-14-15-16-17-19-21-23-25-34(45)55-30(27-52-33(44)24-22-20-18-12-10-8-6-4-2)28-53-41-40(51)38(49)36(47)32(57-41)29-54-42-39(50)37(48)35(46)31(26-43)56-42/h15-16,18-21,30-32,35-43,46-51H,3-14,17,22-29H2,1-2H3/b16-15+,20-18+,21-19+/t30?,31-,32-,35+,36+,37?,38?,39?,40?,41-,42-/m1/s1. The summed E-state index contributed by atoms with van der Waals surface area (Å²) in [4.78, 5) is 25.4. The SMILES string of the molecule is CCCCCC/C=C/CCC(=O)OCC(CO[C@@H]1O[C@H](CO[C@@H]2O[C@H](CO)[C@H](O)C(O)C2O)[C@H](O)C(O)C1O)OC(=O)CC/C=C/C/C=C/CCCCCCCC. The number of allylic oxidation sites excluding steroid dienone is 6. The lowest BCUT2D eigenvalue weighted by atomic mass is 9.98. The number of unbranched alkanes of at least 4 members (excludes halogenated alkanes) is 10. The van der Waals surface area contributed by atoms with Crippen molar-refractivity contribution in [2.75, 3.05) is 26.4 Å². The molecule has 0 amide bonds. The lowest BCUT2D eigenvalue weighted by Crippen LogP contribution is -2.61. The van der Waals surface area contributed by atoms with Crippen LogP contribution >= 0.6 is 0 Å². The van der Waals surface area contributed by atoms with Gasteiger partial charge in [-0.1, -0.05) is 102 Å². The molecule has 2 heterocycles. The minimum absolute atomic E-state index is 0.0519. The van der Waals surface area contributed by atoms with Crippen molar-refractivity contribution in [3.8, 4) is 0 Å². The molecule has 2 aliphatic rings. The van der Waals surface area contributed by atoms with E-state index in [2.05, 4.69) is 26.0 Å². The number of hydrogen-bond acceptors (Lipinski definition) is 15. The first-order valence-electron chi connectivity index (χ1n) is 21.1. The van der Waals surface area contributed by atoms with Crippen molar-refractivity contribution < 1.29 is 73.8 Å². The Bertz CT molecular complexity index is 1150. The number of aliphatic hydroxyl groups excluding tert-OH is 7. The Balaban J connectivity index is 1.92. The fourth-order valence-electron chi connectivity index (χ4n) is 6.28. The number of rotatable bonds is 30. The molecule has 0 spiro atoms. The molecule has 15 heteroatoms. The number of aliphatic hydroxyl groups is 7. The van der Waals surface area contributed by atoms with Gasteiger partial charge in [0, 0.05) is 12.8 Å². The average molecular weight is 817 g/mol. The average Bonchev–Trinajstić information content (AvgIpc) is 3.20. The normalized spacial score (nSPS) is 28.7. The van der Waals surface area contributed by atoms with Crippen LogP contribution in [0.5, 0.6) is 0 Å². The fraction of sp³-hybridized carbons (Fsp3) is 0.810. The highest BCUT2D eigenvalue weighted by molar-refractivity contribution is 5.70. The minimum atomic E-state index is -1.78. The second kappa shape index (κ2) is 30.7. The summed E-state index contributed by atoms with van der Waals surface area (Å²) in [5.74, 6) is -1.07. The molecule has 330 valence electrons. The summed E-state index contributed by atoms with van der Waals surface area (Å²) in [5, 5.41) is 71.6. The van der Waals surface area contributed by atoms with Gasteiger partial charge < -0.3 is 64.2 Å². The molecule has 2 aliphatic heterocycles. The monoisotopic (exact) mass is 816 g/mol. The number of hydrogen-bond donors (Lipinski definition) is 7. The first kappa shape index (κ1) is 50.9. The van der Waals surface area contributed by atoms with Crippen molar-refractivity contribution in [2.45, 2.75) is 191 Å². The van der Waals surface area contributed by atoms with Crippen LogP contribution in [0.1, 0.15) is 123 Å². The molecule has 0 aromatic carbocycles. The fourth-order valence-corrected chi connectivity index (χ4v) is 6.28. The Morgan fingerprint density at radius 2 is 1.05 bits per heavy atom. The third-order valence-electron chi connectivity index (χ3n) is 9.87. The van der Waals surface area contributed by atoms with E-state index in [1.54, 1.807) is 0 Å². The van der Waals surface area contributed by atoms with E-state index in [-0.39, 0.29) is 19.4 Å². The van der Waals surface area contributed by atoms with E-state index in [1.807, 2.05) is 24.3 Å². The van der Waals surface area contributed by atoms with Crippen LogP contribution in [-0.4, -0.2) is 142 Å². The highest BCUT2D eigenvalue weighted by atomic mass is 16.7. The first-order chi connectivity index (χ1) is 27.5. The molecule has 57 heavy (non-hydrogen) atoms. The Morgan fingerprint density at radius 1 is 0.561 bits per heavy atom. The van der Waals surface area contributed by atoms with Crippen molar-refractivity contribution in [1.82, 2.24) is 0 Å². The van der Waals surface area contributed by atoms with Crippen LogP contribution < -0.4 is 0 Å². The zero-order valence-electron chi connectivity index (χ0n) is 34.1. The van der Waals surface area contributed by atoms with Crippen molar-refractivity contribution in [1.29, 1.82) is 0 Å². The third kappa shape index (κ3) is 20.5. The number of carbonyl (C=O) groups is 2. The molecule has 11 atom stereocenters. The van der Waals surface area contributed by atoms with Crippen LogP contribution in [0.25, 0.3) is 0 Å². The molecule has 0 radical (unpaired) electrons. The van der Waals surface area contributed by atoms with Crippen LogP contribution in [0.3, 0.4) is 0 Å². The van der Waals surface area contributed by atoms with Crippen molar-refractivity contribution >= 4 is 11.9 Å². The molecule has 2 rings (SSSR count). The van der Waals surface area contributed by atoms with Gasteiger partial charge in [-0.15, -0.1) is 0 Å². The van der Waals surface area contributed by atoms with Crippen LogP contribution in [0.15, 0.2) is 36.5 Å². The highest BCUT2D eigenvalue weighted by Crippen LogP contribution is 2.26. The van der Waals surface area contributed by atoms with E-state index in [9.17, 15) is 45.3 Å². The Kier molecular flexibility index (Phi) is 27.4. The number of carbonyl (C=O) groups excluding carboxylic acids is 2. The molecule has 0 aromatic heterocycles. The Labute approximate surface area is 338 Å². The molecule has 2 saturated heterocycles. The molecule has 0 saturated carbocycles. The lowest BCUT2D eigenvalue weighted by Gasteiger charge is -2.42. The van der Waals surface area contributed by atoms with Crippen molar-refractivity contribution in [3.05, 3.63) is 36.5 Å². The van der Waals surface area contributed by atoms with E-state index in [1.165, 1.54) is 44.9 Å². The van der Waals surface area contributed by atoms with E-state index in [0.717, 1.165) is 38.5 Å². The van der Waals surface area contributed by atoms with Gasteiger partial charge in [0.15, 0.2) is 18.7 Å². The first-order valence-corrected chi connectivity index (χ1v) is 21.1. The van der Waals surface area contributed by atoms with Gasteiger partial charge in [-0.25, -0.2) is 0 Å². The predicted molar refractivity (Wildman–Crippen MR) is 210 cm³/mol. The summed E-state index contributed by atoms with van der Waals surface area (Å²) in [6, 6.07) is 0. The molecule has 2 fully saturated rings. The minimum Gasteiger partial charge on any atom is -0.462 e. The van der Waals surface area contributed by atoms with Gasteiger partial charge in [0.2, 0.25) is 0 Å². The highest BCUT2D eigenvalue weighted by Gasteiger charge is 2.47. The van der Waals surface area contributed by atoms with Gasteiger partial charge >= 0.3 is 11.9 Å². The van der Waals surface area contributed by atoms with Crippen molar-refractivity contribution in [3.63, 3.8) is 0 Å². The maximum Gasteiger partial charge on any atom is 0.306 e. The molecular formula is C42H72O15. The number of esters is 2. The topological polar surface area (TPSA) is 231 Å². The summed E-state index contributed by atoms with van der Waals surface area (Å²) in [6.07, 6.45) is 11.1. The van der Waals surface area contributed by atoms with Gasteiger partial charge in [0.05, 0.1) is 19.8 Å². The molecule has 0 aliphatic carbocycles. The molecule has 15 nitrogen and oxygen atoms in total. The quantitative estimate of drug-likeness (QED) is 0.0313. The van der Waals surface area contributed by atoms with E-state index in [0.29, 0.717) is 12.8 Å². The largest absolute Gasteiger partial charge is 0.462 e. The Morgan fingerprint density at radius 3 is 1.68 bits per heavy atom. The van der Waals surface area contributed by atoms with E-state index < -0.39 is 99.3 Å². The second-order valence-corrected chi connectivity index (χ2v) is 14.8. The van der Waals surface area contributed by atoms with Crippen LogP contribution in [0.4, 0.5) is 0 Å². The summed E-state index contributed by atoms with van der Waals surface area (Å²) in [6.45, 7) is 2.38. The predicted octanol–water partition coefficient (Wildman–Crippen LogP) is 3.42. The van der Waals surface area contributed by atoms with Crippen LogP contribution in [-0.2, 0) is 38.0 Å². The maximum absolute atomic E-state index is 12.8. The third-order valence-corrected chi connectivity index (χ3v) is 9.87. The van der Waals surface area contributed by atoms with Crippen LogP contribution in [0.2, 0.25) is 0 Å². The van der Waals surface area contributed by atoms with Crippen molar-refractivity contribution in [2.24, 2.45) is 0 Å². The van der Waals surface area contributed by atoms with Gasteiger partial charge in [0.25, 0.3) is 0 Å². The summed E-state index contributed by atoms with van der Waals surface area (Å²) < 4.78 is 33.2. The molecule has 0 aromatic rings.